The van der Waals surface area contributed by atoms with Crippen LogP contribution < -0.4 is 69.7 Å². The molecule has 2 heterocycles. The molecule has 0 fully saturated rings. The zero-order chi connectivity index (χ0) is 20.4. The van der Waals surface area contributed by atoms with E-state index in [2.05, 4.69) is 10.6 Å². The van der Waals surface area contributed by atoms with Crippen molar-refractivity contribution in [3.05, 3.63) is 58.9 Å². The molecule has 0 saturated heterocycles. The average molecular weight is 466 g/mol. The van der Waals surface area contributed by atoms with E-state index in [1.165, 1.54) is 12.1 Å². The number of rotatable bonds is 2. The van der Waals surface area contributed by atoms with Gasteiger partial charge in [-0.25, -0.2) is 16.8 Å². The fraction of sp³-hybridized carbons (Fsp3) is 0. The molecule has 10 nitrogen and oxygen atoms in total. The summed E-state index contributed by atoms with van der Waals surface area (Å²) in [6, 6.07) is 6.32. The van der Waals surface area contributed by atoms with Gasteiger partial charge in [-0.1, -0.05) is 0 Å². The molecule has 0 radical (unpaired) electrons. The summed E-state index contributed by atoms with van der Waals surface area (Å²) in [6.45, 7) is 0. The Morgan fingerprint density at radius 2 is 0.967 bits per heavy atom. The van der Waals surface area contributed by atoms with Gasteiger partial charge < -0.3 is 19.7 Å². The maximum absolute atomic E-state index is 12.6. The second kappa shape index (κ2) is 8.47. The molecule has 2 N–H and O–H groups in total. The van der Waals surface area contributed by atoms with Crippen LogP contribution in [-0.4, -0.2) is 37.5 Å². The van der Waals surface area contributed by atoms with Crippen LogP contribution in [-0.2, 0) is 20.2 Å². The molecule has 0 unspecified atom stereocenters. The van der Waals surface area contributed by atoms with Crippen LogP contribution >= 0.6 is 0 Å². The summed E-state index contributed by atoms with van der Waals surface area (Å²) in [5, 5.41) is 5.37. The maximum Gasteiger partial charge on any atom is 1.00 e. The molecule has 0 atom stereocenters. The van der Waals surface area contributed by atoms with Gasteiger partial charge in [-0.2, -0.15) is 0 Å². The Morgan fingerprint density at radius 1 is 0.633 bits per heavy atom. The number of allylic oxidation sites excluding steroid dienone is 2. The van der Waals surface area contributed by atoms with Crippen molar-refractivity contribution in [2.75, 3.05) is 10.6 Å². The molecule has 0 spiro atoms. The molecule has 0 aliphatic carbocycles. The van der Waals surface area contributed by atoms with E-state index in [9.17, 15) is 35.5 Å². The van der Waals surface area contributed by atoms with E-state index in [0.717, 1.165) is 24.3 Å². The molecule has 2 aliphatic heterocycles. The predicted molar refractivity (Wildman–Crippen MR) is 91.7 cm³/mol. The number of hydrogen-bond acceptors (Lipinski definition) is 10. The normalized spacial score (nSPS) is 17.3. The van der Waals surface area contributed by atoms with E-state index < -0.39 is 41.6 Å². The van der Waals surface area contributed by atoms with Crippen molar-refractivity contribution in [2.24, 2.45) is 0 Å². The maximum atomic E-state index is 12.6. The number of fused-ring (bicyclic) bond motifs is 2. The molecule has 2 aromatic rings. The molecule has 0 amide bonds. The fourth-order valence-electron chi connectivity index (χ4n) is 2.96. The molecule has 2 aromatic carbocycles. The van der Waals surface area contributed by atoms with Crippen LogP contribution in [0.25, 0.3) is 0 Å². The first-order chi connectivity index (χ1) is 13.0. The van der Waals surface area contributed by atoms with E-state index in [1.807, 2.05) is 0 Å². The average Bonchev–Trinajstić information content (AvgIpc) is 3.10. The van der Waals surface area contributed by atoms with Crippen LogP contribution in [0.3, 0.4) is 0 Å². The van der Waals surface area contributed by atoms with Gasteiger partial charge in [0, 0.05) is 11.1 Å². The summed E-state index contributed by atoms with van der Waals surface area (Å²) < 4.78 is 66.9. The van der Waals surface area contributed by atoms with E-state index in [0.29, 0.717) is 0 Å². The van der Waals surface area contributed by atoms with Gasteiger partial charge in [0.15, 0.2) is 0 Å². The number of carbonyl (C=O) groups excluding carboxylic acids is 2. The topological polar surface area (TPSA) is 173 Å². The Kier molecular flexibility index (Phi) is 7.11. The van der Waals surface area contributed by atoms with Crippen molar-refractivity contribution >= 4 is 43.2 Å². The first kappa shape index (κ1) is 25.2. The van der Waals surface area contributed by atoms with Crippen LogP contribution in [0.5, 0.6) is 0 Å². The summed E-state index contributed by atoms with van der Waals surface area (Å²) >= 11 is 0. The van der Waals surface area contributed by atoms with Crippen molar-refractivity contribution in [2.45, 2.75) is 9.79 Å². The molecular weight excluding hydrogens is 458 g/mol. The molecule has 0 saturated carbocycles. The van der Waals surface area contributed by atoms with Gasteiger partial charge >= 0.3 is 59.1 Å². The van der Waals surface area contributed by atoms with Crippen LogP contribution in [0.1, 0.15) is 20.7 Å². The number of ketones is 2. The molecule has 4 rings (SSSR count). The monoisotopic (exact) mass is 466 g/mol. The summed E-state index contributed by atoms with van der Waals surface area (Å²) in [4.78, 5) is 24.1. The molecule has 30 heavy (non-hydrogen) atoms. The molecule has 144 valence electrons. The summed E-state index contributed by atoms with van der Waals surface area (Å²) in [7, 11) is -9.55. The summed E-state index contributed by atoms with van der Waals surface area (Å²) in [5.74, 6) is -1.44. The standard InChI is InChI=1S/C16H10N2O8S2.2Na/c19-15-9-5-7(27(21,22)23)1-3-11(9)17-13(15)14-16(20)10-6-8(28(24,25)26)2-4-12(10)18-14;;/h1-6,17-18H,(H,21,22,23)(H,24,25,26);;/q;2*+1/p-2/b14-13+;;. The van der Waals surface area contributed by atoms with Crippen molar-refractivity contribution in [1.29, 1.82) is 0 Å². The second-order valence-electron chi connectivity index (χ2n) is 5.98. The van der Waals surface area contributed by atoms with Gasteiger partial charge in [0.05, 0.1) is 21.2 Å². The molecule has 2 aliphatic rings. The largest absolute Gasteiger partial charge is 1.00 e. The number of hydrogen-bond donors (Lipinski definition) is 2. The van der Waals surface area contributed by atoms with Gasteiger partial charge in [0.1, 0.15) is 31.6 Å². The minimum atomic E-state index is -4.77. The van der Waals surface area contributed by atoms with Gasteiger partial charge in [0.2, 0.25) is 11.6 Å². The summed E-state index contributed by atoms with van der Waals surface area (Å²) in [5.41, 5.74) is -0.187. The van der Waals surface area contributed by atoms with Crippen LogP contribution in [0, 0.1) is 0 Å². The predicted octanol–water partition coefficient (Wildman–Crippen LogP) is -5.37. The van der Waals surface area contributed by atoms with E-state index >= 15 is 0 Å². The number of carbonyl (C=O) groups is 2. The Hall–Kier alpha value is -1.06. The Balaban J connectivity index is 0.00000160. The Labute approximate surface area is 215 Å². The van der Waals surface area contributed by atoms with Crippen molar-refractivity contribution in [3.8, 4) is 0 Å². The zero-order valence-electron chi connectivity index (χ0n) is 15.5. The number of anilines is 2. The number of Topliss-reactive ketones (excluding diaryl/α,β-unsaturated/α-hetero) is 2. The third-order valence-electron chi connectivity index (χ3n) is 4.27. The Morgan fingerprint density at radius 3 is 1.27 bits per heavy atom. The number of nitrogens with one attached hydrogen (secondary N) is 2. The quantitative estimate of drug-likeness (QED) is 0.247. The van der Waals surface area contributed by atoms with Gasteiger partial charge in [-0.3, -0.25) is 9.59 Å². The van der Waals surface area contributed by atoms with Crippen molar-refractivity contribution in [3.63, 3.8) is 0 Å². The van der Waals surface area contributed by atoms with Gasteiger partial charge in [0.25, 0.3) is 0 Å². The van der Waals surface area contributed by atoms with E-state index in [1.54, 1.807) is 0 Å². The SMILES string of the molecule is O=C1/C(=C2\Nc3ccc(S(=O)(=O)[O-])cc3C2=O)Nc2ccc(S(=O)(=O)[O-])cc21.[Na+].[Na+]. The summed E-state index contributed by atoms with van der Waals surface area (Å²) in [6.07, 6.45) is 0. The van der Waals surface area contributed by atoms with Gasteiger partial charge in [-0.05, 0) is 36.4 Å². The third-order valence-corrected chi connectivity index (χ3v) is 5.93. The molecule has 14 heteroatoms. The minimum absolute atomic E-state index is 0. The fourth-order valence-corrected chi connectivity index (χ4v) is 3.95. The van der Waals surface area contributed by atoms with E-state index in [-0.39, 0.29) is 93.0 Å². The minimum Gasteiger partial charge on any atom is -0.744 e. The molecular formula is C16H8N2Na2O8S2. The first-order valence-electron chi connectivity index (χ1n) is 7.54. The van der Waals surface area contributed by atoms with Crippen molar-refractivity contribution < 1.29 is 94.6 Å². The van der Waals surface area contributed by atoms with Gasteiger partial charge in [-0.15, -0.1) is 0 Å². The van der Waals surface area contributed by atoms with Crippen LogP contribution in [0.15, 0.2) is 57.6 Å². The molecule has 0 aromatic heterocycles. The second-order valence-corrected chi connectivity index (χ2v) is 8.74. The first-order valence-corrected chi connectivity index (χ1v) is 10.4. The zero-order valence-corrected chi connectivity index (χ0v) is 21.2. The van der Waals surface area contributed by atoms with Crippen LogP contribution in [0.2, 0.25) is 0 Å². The number of benzene rings is 2. The van der Waals surface area contributed by atoms with Crippen LogP contribution in [0.4, 0.5) is 11.4 Å². The Bertz CT molecular complexity index is 1250. The van der Waals surface area contributed by atoms with Crippen molar-refractivity contribution in [1.82, 2.24) is 0 Å². The third kappa shape index (κ3) is 4.30. The van der Waals surface area contributed by atoms with E-state index in [4.69, 9.17) is 0 Å². The smallest absolute Gasteiger partial charge is 0.744 e. The molecule has 0 bridgehead atoms.